The van der Waals surface area contributed by atoms with Crippen LogP contribution < -0.4 is 21.3 Å². The van der Waals surface area contributed by atoms with E-state index in [2.05, 4.69) is 21.3 Å². The molecule has 0 atom stereocenters. The number of carbonyl (C=O) groups excluding carboxylic acids is 4. The second-order valence-electron chi connectivity index (χ2n) is 9.21. The third-order valence-corrected chi connectivity index (χ3v) is 8.31. The van der Waals surface area contributed by atoms with Crippen molar-refractivity contribution < 1.29 is 19.2 Å². The summed E-state index contributed by atoms with van der Waals surface area (Å²) in [6, 6.07) is 18.3. The number of benzene rings is 2. The van der Waals surface area contributed by atoms with E-state index in [-0.39, 0.29) is 23.6 Å². The van der Waals surface area contributed by atoms with Crippen LogP contribution in [-0.2, 0) is 9.59 Å². The molecular weight excluding hydrogens is 544 g/mol. The lowest BCUT2D eigenvalue weighted by molar-refractivity contribution is -0.121. The van der Waals surface area contributed by atoms with Crippen LogP contribution in [0.1, 0.15) is 72.1 Å². The highest BCUT2D eigenvalue weighted by Gasteiger charge is 2.06. The van der Waals surface area contributed by atoms with E-state index in [1.165, 1.54) is 0 Å². The van der Waals surface area contributed by atoms with Crippen molar-refractivity contribution in [3.8, 4) is 0 Å². The summed E-state index contributed by atoms with van der Waals surface area (Å²) in [4.78, 5) is 47.8. The molecule has 4 amide bonds. The van der Waals surface area contributed by atoms with E-state index in [4.69, 9.17) is 0 Å². The second-order valence-corrected chi connectivity index (χ2v) is 11.9. The van der Waals surface area contributed by atoms with E-state index in [1.807, 2.05) is 36.4 Å². The maximum atomic E-state index is 12.0. The first-order valence-corrected chi connectivity index (χ1v) is 16.5. The highest BCUT2D eigenvalue weighted by molar-refractivity contribution is 8.76. The summed E-state index contributed by atoms with van der Waals surface area (Å²) >= 11 is 0. The minimum Gasteiger partial charge on any atom is -0.355 e. The van der Waals surface area contributed by atoms with Crippen LogP contribution in [0.5, 0.6) is 0 Å². The molecule has 0 aliphatic heterocycles. The molecule has 10 heteroatoms. The molecule has 8 nitrogen and oxygen atoms in total. The van der Waals surface area contributed by atoms with Gasteiger partial charge >= 0.3 is 0 Å². The van der Waals surface area contributed by atoms with Crippen LogP contribution in [0, 0.1) is 0 Å². The molecule has 0 saturated heterocycles. The van der Waals surface area contributed by atoms with E-state index in [1.54, 1.807) is 45.9 Å². The zero-order chi connectivity index (χ0) is 28.7. The monoisotopic (exact) mass is 586 g/mol. The van der Waals surface area contributed by atoms with Crippen molar-refractivity contribution in [2.24, 2.45) is 0 Å². The molecule has 0 radical (unpaired) electrons. The Morgan fingerprint density at radius 3 is 1.27 bits per heavy atom. The van der Waals surface area contributed by atoms with Crippen molar-refractivity contribution in [1.29, 1.82) is 0 Å². The van der Waals surface area contributed by atoms with Crippen LogP contribution in [0.4, 0.5) is 0 Å². The summed E-state index contributed by atoms with van der Waals surface area (Å²) in [5.41, 5.74) is 1.32. The van der Waals surface area contributed by atoms with Crippen LogP contribution in [-0.4, -0.2) is 61.3 Å². The van der Waals surface area contributed by atoms with Gasteiger partial charge in [-0.25, -0.2) is 0 Å². The molecular formula is C30H42N4O4S2. The first-order chi connectivity index (χ1) is 19.6. The van der Waals surface area contributed by atoms with E-state index in [0.29, 0.717) is 50.1 Å². The van der Waals surface area contributed by atoms with E-state index >= 15 is 0 Å². The summed E-state index contributed by atoms with van der Waals surface area (Å²) < 4.78 is 0. The predicted octanol–water partition coefficient (Wildman–Crippen LogP) is 4.58. The second kappa shape index (κ2) is 21.8. The minimum atomic E-state index is -0.0641. The molecule has 0 aliphatic rings. The molecule has 0 fully saturated rings. The van der Waals surface area contributed by atoms with Gasteiger partial charge in [0.2, 0.25) is 11.8 Å². The SMILES string of the molecule is O=C(CCCCCNC(=O)c1ccccc1)NCCSSCCNC(=O)CCCCCNC(=O)c1ccccc1. The number of carbonyl (C=O) groups is 4. The van der Waals surface area contributed by atoms with Crippen LogP contribution in [0.15, 0.2) is 60.7 Å². The molecule has 0 aromatic heterocycles. The molecule has 0 spiro atoms. The average Bonchev–Trinajstić information content (AvgIpc) is 2.98. The normalized spacial score (nSPS) is 10.5. The third-order valence-electron chi connectivity index (χ3n) is 5.90. The Balaban J connectivity index is 1.30. The van der Waals surface area contributed by atoms with Gasteiger partial charge in [0.1, 0.15) is 0 Å². The lowest BCUT2D eigenvalue weighted by Gasteiger charge is -2.07. The summed E-state index contributed by atoms with van der Waals surface area (Å²) in [5, 5.41) is 11.7. The molecule has 40 heavy (non-hydrogen) atoms. The van der Waals surface area contributed by atoms with Gasteiger partial charge in [-0.2, -0.15) is 0 Å². The Morgan fingerprint density at radius 1 is 0.475 bits per heavy atom. The highest BCUT2D eigenvalue weighted by atomic mass is 33.1. The van der Waals surface area contributed by atoms with Gasteiger partial charge in [0.15, 0.2) is 0 Å². The largest absolute Gasteiger partial charge is 0.355 e. The molecule has 218 valence electrons. The van der Waals surface area contributed by atoms with Gasteiger partial charge in [0.25, 0.3) is 11.8 Å². The van der Waals surface area contributed by atoms with Crippen LogP contribution in [0.25, 0.3) is 0 Å². The number of hydrogen-bond acceptors (Lipinski definition) is 6. The van der Waals surface area contributed by atoms with Gasteiger partial charge in [0, 0.05) is 61.7 Å². The lowest BCUT2D eigenvalue weighted by atomic mass is 10.1. The summed E-state index contributed by atoms with van der Waals surface area (Å²) in [6.45, 7) is 2.48. The molecule has 4 N–H and O–H groups in total. The standard InChI is InChI=1S/C30H42N4O4S2/c35-27(17-9-3-11-19-33-29(37)25-13-5-1-6-14-25)31-21-23-39-40-24-22-32-28(36)18-10-4-12-20-34-30(38)26-15-7-2-8-16-26/h1-2,5-8,13-16H,3-4,9-12,17-24H2,(H,31,35)(H,32,36)(H,33,37)(H,34,38). The Hall–Kier alpha value is -2.98. The number of hydrogen-bond donors (Lipinski definition) is 4. The average molecular weight is 587 g/mol. The molecule has 0 bridgehead atoms. The van der Waals surface area contributed by atoms with E-state index in [0.717, 1.165) is 50.0 Å². The summed E-state index contributed by atoms with van der Waals surface area (Å²) in [6.07, 6.45) is 6.10. The lowest BCUT2D eigenvalue weighted by Crippen LogP contribution is -2.26. The third kappa shape index (κ3) is 16.2. The van der Waals surface area contributed by atoms with Crippen molar-refractivity contribution in [3.63, 3.8) is 0 Å². The van der Waals surface area contributed by atoms with Crippen molar-refractivity contribution in [2.75, 3.05) is 37.7 Å². The Bertz CT molecular complexity index is 928. The van der Waals surface area contributed by atoms with E-state index < -0.39 is 0 Å². The molecule has 0 heterocycles. The molecule has 2 rings (SSSR count). The highest BCUT2D eigenvalue weighted by Crippen LogP contribution is 2.19. The van der Waals surface area contributed by atoms with Crippen molar-refractivity contribution in [2.45, 2.75) is 51.4 Å². The van der Waals surface area contributed by atoms with E-state index in [9.17, 15) is 19.2 Å². The van der Waals surface area contributed by atoms with Crippen LogP contribution in [0.3, 0.4) is 0 Å². The summed E-state index contributed by atoms with van der Waals surface area (Å²) in [5.74, 6) is 1.62. The van der Waals surface area contributed by atoms with Gasteiger partial charge in [-0.05, 0) is 49.9 Å². The van der Waals surface area contributed by atoms with Gasteiger partial charge < -0.3 is 21.3 Å². The molecule has 2 aromatic rings. The van der Waals surface area contributed by atoms with Gasteiger partial charge in [-0.3, -0.25) is 19.2 Å². The Labute approximate surface area is 246 Å². The zero-order valence-electron chi connectivity index (χ0n) is 23.1. The first kappa shape index (κ1) is 33.2. The first-order valence-electron chi connectivity index (χ1n) is 14.0. The van der Waals surface area contributed by atoms with Crippen LogP contribution in [0.2, 0.25) is 0 Å². The maximum absolute atomic E-state index is 12.0. The zero-order valence-corrected chi connectivity index (χ0v) is 24.8. The Morgan fingerprint density at radius 2 is 0.875 bits per heavy atom. The minimum absolute atomic E-state index is 0.0600. The number of amides is 4. The Kier molecular flexibility index (Phi) is 18.1. The fourth-order valence-corrected chi connectivity index (χ4v) is 5.53. The molecule has 0 aliphatic carbocycles. The molecule has 0 unspecified atom stereocenters. The summed E-state index contributed by atoms with van der Waals surface area (Å²) in [7, 11) is 3.37. The number of nitrogens with one attached hydrogen (secondary N) is 4. The van der Waals surface area contributed by atoms with Crippen molar-refractivity contribution in [1.82, 2.24) is 21.3 Å². The number of unbranched alkanes of at least 4 members (excludes halogenated alkanes) is 4. The molecule has 0 saturated carbocycles. The van der Waals surface area contributed by atoms with Gasteiger partial charge in [-0.1, -0.05) is 70.8 Å². The fourth-order valence-electron chi connectivity index (χ4n) is 3.72. The van der Waals surface area contributed by atoms with Gasteiger partial charge in [-0.15, -0.1) is 0 Å². The number of rotatable bonds is 21. The van der Waals surface area contributed by atoms with Crippen LogP contribution >= 0.6 is 21.6 Å². The molecule has 2 aromatic carbocycles. The maximum Gasteiger partial charge on any atom is 0.251 e. The van der Waals surface area contributed by atoms with Gasteiger partial charge in [0.05, 0.1) is 0 Å². The fraction of sp³-hybridized carbons (Fsp3) is 0.467. The van der Waals surface area contributed by atoms with Crippen molar-refractivity contribution in [3.05, 3.63) is 71.8 Å². The van der Waals surface area contributed by atoms with Crippen molar-refractivity contribution >= 4 is 45.2 Å². The smallest absolute Gasteiger partial charge is 0.251 e. The predicted molar refractivity (Wildman–Crippen MR) is 165 cm³/mol. The topological polar surface area (TPSA) is 116 Å². The quantitative estimate of drug-likeness (QED) is 0.126.